The molecule has 1 fully saturated rings. The van der Waals surface area contributed by atoms with Crippen LogP contribution in [0.1, 0.15) is 36.4 Å². The van der Waals surface area contributed by atoms with Gasteiger partial charge in [-0.2, -0.15) is 0 Å². The molecule has 1 aliphatic heterocycles. The Morgan fingerprint density at radius 2 is 2.30 bits per heavy atom. The molecule has 1 atom stereocenters. The molecule has 1 aromatic heterocycles. The van der Waals surface area contributed by atoms with Gasteiger partial charge in [-0.15, -0.1) is 0 Å². The van der Waals surface area contributed by atoms with Crippen LogP contribution in [-0.2, 0) is 6.54 Å². The summed E-state index contributed by atoms with van der Waals surface area (Å²) in [5.41, 5.74) is 3.01. The van der Waals surface area contributed by atoms with Gasteiger partial charge in [0.15, 0.2) is 5.76 Å². The number of likely N-dealkylation sites (tertiary alicyclic amines) is 1. The smallest absolute Gasteiger partial charge is 0.301 e. The van der Waals surface area contributed by atoms with E-state index >= 15 is 0 Å². The standard InChI is InChI=1S/C14H24N4O2/c1-3-18(4-2)12-5-7-17(10-12)9-11-6-8-20-13(11)14(19)16-15/h6,8,12H,3-5,7,9-10,15H2,1-2H3,(H,16,19). The van der Waals surface area contributed by atoms with Crippen LogP contribution in [-0.4, -0.2) is 47.9 Å². The molecule has 3 N–H and O–H groups in total. The molecule has 0 aliphatic carbocycles. The second kappa shape index (κ2) is 6.88. The van der Waals surface area contributed by atoms with Crippen LogP contribution >= 0.6 is 0 Å². The number of carbonyl (C=O) groups is 1. The summed E-state index contributed by atoms with van der Waals surface area (Å²) in [6, 6.07) is 2.46. The van der Waals surface area contributed by atoms with Crippen LogP contribution in [0.15, 0.2) is 16.7 Å². The molecule has 1 aromatic rings. The molecular weight excluding hydrogens is 256 g/mol. The molecule has 0 aromatic carbocycles. The number of hydrazine groups is 1. The van der Waals surface area contributed by atoms with E-state index in [0.717, 1.165) is 38.3 Å². The third-order valence-electron chi connectivity index (χ3n) is 4.05. The zero-order valence-corrected chi connectivity index (χ0v) is 12.3. The van der Waals surface area contributed by atoms with Gasteiger partial charge in [0, 0.05) is 31.2 Å². The van der Waals surface area contributed by atoms with E-state index in [2.05, 4.69) is 29.1 Å². The Kier molecular flexibility index (Phi) is 5.17. The number of nitrogens with two attached hydrogens (primary N) is 1. The lowest BCUT2D eigenvalue weighted by Crippen LogP contribution is -2.37. The van der Waals surface area contributed by atoms with Gasteiger partial charge in [0.2, 0.25) is 0 Å². The summed E-state index contributed by atoms with van der Waals surface area (Å²) in [5.74, 6) is 5.11. The van der Waals surface area contributed by atoms with Gasteiger partial charge in [-0.25, -0.2) is 5.84 Å². The number of hydrogen-bond acceptors (Lipinski definition) is 5. The second-order valence-electron chi connectivity index (χ2n) is 5.15. The average molecular weight is 280 g/mol. The van der Waals surface area contributed by atoms with Crippen molar-refractivity contribution < 1.29 is 9.21 Å². The SMILES string of the molecule is CCN(CC)C1CCN(Cc2ccoc2C(=O)NN)C1. The molecule has 6 nitrogen and oxygen atoms in total. The minimum absolute atomic E-state index is 0.318. The Hall–Kier alpha value is -1.37. The van der Waals surface area contributed by atoms with E-state index in [4.69, 9.17) is 10.3 Å². The highest BCUT2D eigenvalue weighted by molar-refractivity contribution is 5.92. The van der Waals surface area contributed by atoms with E-state index in [1.807, 2.05) is 6.07 Å². The van der Waals surface area contributed by atoms with Crippen molar-refractivity contribution in [3.8, 4) is 0 Å². The molecule has 20 heavy (non-hydrogen) atoms. The van der Waals surface area contributed by atoms with Crippen molar-refractivity contribution in [2.75, 3.05) is 26.2 Å². The molecule has 0 radical (unpaired) electrons. The molecular formula is C14H24N4O2. The molecule has 1 aliphatic rings. The Bertz CT molecular complexity index is 442. The predicted molar refractivity (Wildman–Crippen MR) is 77.0 cm³/mol. The summed E-state index contributed by atoms with van der Waals surface area (Å²) >= 11 is 0. The van der Waals surface area contributed by atoms with Crippen molar-refractivity contribution in [2.45, 2.75) is 32.9 Å². The highest BCUT2D eigenvalue weighted by atomic mass is 16.3. The van der Waals surface area contributed by atoms with Gasteiger partial charge in [0.25, 0.3) is 0 Å². The first-order chi connectivity index (χ1) is 9.69. The van der Waals surface area contributed by atoms with Crippen LogP contribution in [0.2, 0.25) is 0 Å². The molecule has 0 bridgehead atoms. The summed E-state index contributed by atoms with van der Waals surface area (Å²) in [4.78, 5) is 16.4. The van der Waals surface area contributed by atoms with Crippen molar-refractivity contribution in [2.24, 2.45) is 5.84 Å². The van der Waals surface area contributed by atoms with Gasteiger partial charge >= 0.3 is 5.91 Å². The van der Waals surface area contributed by atoms with Crippen LogP contribution in [0.25, 0.3) is 0 Å². The quantitative estimate of drug-likeness (QED) is 0.458. The normalized spacial score (nSPS) is 19.7. The number of nitrogen functional groups attached to an aromatic ring is 1. The lowest BCUT2D eigenvalue weighted by atomic mass is 10.2. The maximum Gasteiger partial charge on any atom is 0.301 e. The minimum atomic E-state index is -0.371. The van der Waals surface area contributed by atoms with E-state index < -0.39 is 0 Å². The van der Waals surface area contributed by atoms with Crippen molar-refractivity contribution in [3.63, 3.8) is 0 Å². The first-order valence-corrected chi connectivity index (χ1v) is 7.23. The molecule has 0 saturated carbocycles. The third-order valence-corrected chi connectivity index (χ3v) is 4.05. The number of amides is 1. The van der Waals surface area contributed by atoms with Crippen molar-refractivity contribution in [1.82, 2.24) is 15.2 Å². The number of carbonyl (C=O) groups excluding carboxylic acids is 1. The average Bonchev–Trinajstić information content (AvgIpc) is 3.10. The number of likely N-dealkylation sites (N-methyl/N-ethyl adjacent to an activating group) is 1. The largest absolute Gasteiger partial charge is 0.459 e. The first-order valence-electron chi connectivity index (χ1n) is 7.23. The Balaban J connectivity index is 1.95. The lowest BCUT2D eigenvalue weighted by molar-refractivity contribution is 0.0923. The molecule has 112 valence electrons. The number of nitrogens with one attached hydrogen (secondary N) is 1. The fourth-order valence-electron chi connectivity index (χ4n) is 2.96. The Labute approximate surface area is 119 Å². The highest BCUT2D eigenvalue weighted by Crippen LogP contribution is 2.20. The summed E-state index contributed by atoms with van der Waals surface area (Å²) in [6.07, 6.45) is 2.72. The van der Waals surface area contributed by atoms with Gasteiger partial charge < -0.3 is 4.42 Å². The van der Waals surface area contributed by atoms with Gasteiger partial charge in [0.1, 0.15) is 0 Å². The highest BCUT2D eigenvalue weighted by Gasteiger charge is 2.27. The summed E-state index contributed by atoms with van der Waals surface area (Å²) in [7, 11) is 0. The van der Waals surface area contributed by atoms with Gasteiger partial charge in [-0.05, 0) is 25.6 Å². The Morgan fingerprint density at radius 1 is 1.55 bits per heavy atom. The number of hydrogen-bond donors (Lipinski definition) is 2. The molecule has 0 spiro atoms. The zero-order chi connectivity index (χ0) is 14.5. The third kappa shape index (κ3) is 3.20. The monoisotopic (exact) mass is 280 g/mol. The van der Waals surface area contributed by atoms with Gasteiger partial charge in [-0.3, -0.25) is 20.0 Å². The summed E-state index contributed by atoms with van der Waals surface area (Å²) < 4.78 is 5.22. The van der Waals surface area contributed by atoms with E-state index in [1.54, 1.807) is 0 Å². The molecule has 1 unspecified atom stereocenters. The van der Waals surface area contributed by atoms with Crippen molar-refractivity contribution in [3.05, 3.63) is 23.7 Å². The zero-order valence-electron chi connectivity index (χ0n) is 12.3. The van der Waals surface area contributed by atoms with E-state index in [1.165, 1.54) is 12.7 Å². The fourth-order valence-corrected chi connectivity index (χ4v) is 2.96. The van der Waals surface area contributed by atoms with E-state index in [0.29, 0.717) is 11.8 Å². The van der Waals surface area contributed by atoms with Crippen LogP contribution < -0.4 is 11.3 Å². The minimum Gasteiger partial charge on any atom is -0.459 e. The first kappa shape index (κ1) is 15.0. The molecule has 1 amide bonds. The predicted octanol–water partition coefficient (Wildman–Crippen LogP) is 0.799. The molecule has 2 heterocycles. The molecule has 1 saturated heterocycles. The summed E-state index contributed by atoms with van der Waals surface area (Å²) in [5, 5.41) is 0. The molecule has 2 rings (SSSR count). The maximum atomic E-state index is 11.6. The van der Waals surface area contributed by atoms with Crippen LogP contribution in [0.3, 0.4) is 0 Å². The van der Waals surface area contributed by atoms with Crippen LogP contribution in [0, 0.1) is 0 Å². The number of nitrogens with zero attached hydrogens (tertiary/aromatic N) is 2. The number of furan rings is 1. The van der Waals surface area contributed by atoms with Crippen molar-refractivity contribution in [1.29, 1.82) is 0 Å². The summed E-state index contributed by atoms with van der Waals surface area (Å²) in [6.45, 7) is 9.39. The van der Waals surface area contributed by atoms with E-state index in [9.17, 15) is 4.79 Å². The maximum absolute atomic E-state index is 11.6. The van der Waals surface area contributed by atoms with E-state index in [-0.39, 0.29) is 5.91 Å². The molecule has 6 heteroatoms. The second-order valence-corrected chi connectivity index (χ2v) is 5.15. The number of rotatable bonds is 6. The van der Waals surface area contributed by atoms with Crippen LogP contribution in [0.4, 0.5) is 0 Å². The Morgan fingerprint density at radius 3 is 2.95 bits per heavy atom. The van der Waals surface area contributed by atoms with Crippen LogP contribution in [0.5, 0.6) is 0 Å². The topological polar surface area (TPSA) is 74.7 Å². The van der Waals surface area contributed by atoms with Gasteiger partial charge in [-0.1, -0.05) is 13.8 Å². The van der Waals surface area contributed by atoms with Gasteiger partial charge in [0.05, 0.1) is 6.26 Å². The van der Waals surface area contributed by atoms with Crippen molar-refractivity contribution >= 4 is 5.91 Å². The lowest BCUT2D eigenvalue weighted by Gasteiger charge is -2.26. The fraction of sp³-hybridized carbons (Fsp3) is 0.643.